The molecule has 4 rings (SSSR count). The molecule has 0 aliphatic heterocycles. The van der Waals surface area contributed by atoms with Crippen molar-refractivity contribution in [2.24, 2.45) is 0 Å². The van der Waals surface area contributed by atoms with Crippen molar-refractivity contribution in [3.05, 3.63) is 108 Å². The van der Waals surface area contributed by atoms with Gasteiger partial charge in [-0.15, -0.1) is 0 Å². The van der Waals surface area contributed by atoms with Gasteiger partial charge < -0.3 is 30.0 Å². The van der Waals surface area contributed by atoms with Crippen molar-refractivity contribution in [2.45, 2.75) is 9.26 Å². The molecule has 0 bridgehead atoms. The Balaban J connectivity index is 0.000000238. The molecule has 0 saturated carbocycles. The van der Waals surface area contributed by atoms with Crippen molar-refractivity contribution in [3.8, 4) is 0 Å². The van der Waals surface area contributed by atoms with Crippen LogP contribution in [-0.2, 0) is 25.9 Å². The van der Waals surface area contributed by atoms with Crippen molar-refractivity contribution in [3.63, 3.8) is 0 Å². The van der Waals surface area contributed by atoms with Crippen LogP contribution < -0.4 is 10.2 Å². The zero-order chi connectivity index (χ0) is 23.0. The Labute approximate surface area is 187 Å². The summed E-state index contributed by atoms with van der Waals surface area (Å²) in [6.45, 7) is 5.30. The van der Waals surface area contributed by atoms with E-state index in [1.54, 1.807) is 0 Å². The molecule has 2 aromatic carbocycles. The number of hydrogen-bond donors (Lipinski definition) is 2. The summed E-state index contributed by atoms with van der Waals surface area (Å²) in [5.41, 5.74) is 5.89. The Bertz CT molecular complexity index is 946. The number of hydrogen-bond acceptors (Lipinski definition) is 6. The maximum absolute atomic E-state index is 9.24. The average Bonchev–Trinajstić information content (AvgIpc) is 3.34. The van der Waals surface area contributed by atoms with Crippen LogP contribution in [0.1, 0.15) is 31.5 Å². The van der Waals surface area contributed by atoms with Gasteiger partial charge in [-0.3, -0.25) is 0 Å². The summed E-state index contributed by atoms with van der Waals surface area (Å²) in [6, 6.07) is 17.6. The molecule has 6 nitrogen and oxygen atoms in total. The first-order valence-electron chi connectivity index (χ1n) is 9.13. The zero-order valence-electron chi connectivity index (χ0n) is 16.5. The number of aliphatic carboxylic acids is 2. The maximum Gasteiger partial charge on any atom is 0.131 e. The molecule has 2 aliphatic rings. The fraction of sp³-hybridized carbons (Fsp3) is 0.0833. The van der Waals surface area contributed by atoms with Crippen molar-refractivity contribution >= 4 is 24.1 Å². The largest absolute Gasteiger partial charge is 0.542 e. The molecule has 7 heteroatoms. The Morgan fingerprint density at radius 2 is 1.06 bits per heavy atom. The second-order valence-electron chi connectivity index (χ2n) is 6.48. The molecule has 2 aromatic rings. The minimum absolute atomic E-state index is 0.231. The van der Waals surface area contributed by atoms with E-state index in [0.29, 0.717) is 9.26 Å². The van der Waals surface area contributed by atoms with Gasteiger partial charge in [0.05, 0.1) is 0 Å². The molecule has 0 saturated heterocycles. The summed E-state index contributed by atoms with van der Waals surface area (Å²) >= 11 is 0.231. The summed E-state index contributed by atoms with van der Waals surface area (Å²) in [6.07, 6.45) is 9.39. The Hall–Kier alpha value is -3.48. The number of carbonyl (C=O) groups excluding carboxylic acids is 2. The van der Waals surface area contributed by atoms with Crippen molar-refractivity contribution < 1.29 is 46.3 Å². The van der Waals surface area contributed by atoms with E-state index < -0.39 is 23.5 Å². The first kappa shape index (κ1) is 23.8. The summed E-state index contributed by atoms with van der Waals surface area (Å²) in [4.78, 5) is 18.5. The average molecular weight is 455 g/mol. The summed E-state index contributed by atoms with van der Waals surface area (Å²) in [5.74, 6) is -5.13. The second kappa shape index (κ2) is 11.1. The van der Waals surface area contributed by atoms with Crippen molar-refractivity contribution in [1.82, 2.24) is 0 Å². The van der Waals surface area contributed by atoms with E-state index in [-0.39, 0.29) is 16.3 Å². The molecule has 0 fully saturated rings. The normalized spacial score (nSPS) is 16.4. The van der Waals surface area contributed by atoms with Crippen LogP contribution in [0.15, 0.2) is 85.4 Å². The van der Waals surface area contributed by atoms with E-state index in [1.807, 2.05) is 0 Å². The van der Waals surface area contributed by atoms with Gasteiger partial charge in [-0.05, 0) is 0 Å². The molecule has 2 atom stereocenters. The third kappa shape index (κ3) is 6.78. The van der Waals surface area contributed by atoms with Crippen molar-refractivity contribution in [2.75, 3.05) is 0 Å². The van der Waals surface area contributed by atoms with E-state index in [9.17, 15) is 19.8 Å². The molecule has 0 amide bonds. The number of benzene rings is 2. The molecule has 0 radical (unpaired) electrons. The third-order valence-corrected chi connectivity index (χ3v) is 6.75. The molecular formula is C24H20O6V. The predicted molar refractivity (Wildman–Crippen MR) is 110 cm³/mol. The third-order valence-electron chi connectivity index (χ3n) is 4.34. The van der Waals surface area contributed by atoms with E-state index in [2.05, 4.69) is 86.0 Å². The number of aliphatic hydroxyl groups is 2. The SMILES string of the molecule is C1=C[CH]([V+2][CH]2C=Cc3ccccc32)c2ccccc21.C=C(O)C(=O)[O-].C=C(O)C(=O)[O-]. The number of carboxylic acids is 2. The molecule has 0 aromatic heterocycles. The fourth-order valence-electron chi connectivity index (χ4n) is 2.89. The van der Waals surface area contributed by atoms with Gasteiger partial charge in [-0.2, -0.15) is 0 Å². The zero-order valence-corrected chi connectivity index (χ0v) is 17.9. The Morgan fingerprint density at radius 1 is 0.742 bits per heavy atom. The summed E-state index contributed by atoms with van der Waals surface area (Å²) < 4.78 is 1.32. The maximum atomic E-state index is 9.24. The van der Waals surface area contributed by atoms with E-state index in [0.717, 1.165) is 0 Å². The van der Waals surface area contributed by atoms with Crippen LogP contribution in [0.25, 0.3) is 12.2 Å². The van der Waals surface area contributed by atoms with Gasteiger partial charge in [0.2, 0.25) is 0 Å². The molecule has 0 heterocycles. The van der Waals surface area contributed by atoms with Crippen LogP contribution in [-0.4, -0.2) is 22.2 Å². The van der Waals surface area contributed by atoms with E-state index >= 15 is 0 Å². The molecule has 2 aliphatic carbocycles. The van der Waals surface area contributed by atoms with Gasteiger partial charge in [-0.25, -0.2) is 0 Å². The van der Waals surface area contributed by atoms with Crippen LogP contribution in [0.3, 0.4) is 0 Å². The predicted octanol–water partition coefficient (Wildman–Crippen LogP) is 2.22. The number of carboxylic acid groups (broad SMARTS) is 2. The molecular weight excluding hydrogens is 435 g/mol. The minimum Gasteiger partial charge on any atom is -0.542 e. The summed E-state index contributed by atoms with van der Waals surface area (Å²) in [7, 11) is 0. The number of rotatable bonds is 4. The number of allylic oxidation sites excluding steroid dienone is 2. The quantitative estimate of drug-likeness (QED) is 0.539. The molecule has 0 spiro atoms. The van der Waals surface area contributed by atoms with Crippen LogP contribution in [0, 0.1) is 0 Å². The van der Waals surface area contributed by atoms with Crippen LogP contribution in [0.4, 0.5) is 0 Å². The number of carbonyl (C=O) groups is 2. The number of aliphatic hydroxyl groups excluding tert-OH is 2. The monoisotopic (exact) mass is 455 g/mol. The van der Waals surface area contributed by atoms with Gasteiger partial charge in [0.1, 0.15) is 23.5 Å². The van der Waals surface area contributed by atoms with E-state index in [1.165, 1.54) is 22.3 Å². The molecule has 2 unspecified atom stereocenters. The van der Waals surface area contributed by atoms with Crippen molar-refractivity contribution in [1.29, 1.82) is 0 Å². The Morgan fingerprint density at radius 3 is 1.39 bits per heavy atom. The molecule has 157 valence electrons. The first-order chi connectivity index (χ1) is 14.7. The molecule has 2 N–H and O–H groups in total. The summed E-state index contributed by atoms with van der Waals surface area (Å²) in [5, 5.41) is 34.0. The van der Waals surface area contributed by atoms with E-state index in [4.69, 9.17) is 10.2 Å². The van der Waals surface area contributed by atoms with Gasteiger partial charge in [0, 0.05) is 0 Å². The van der Waals surface area contributed by atoms with Crippen LogP contribution in [0.5, 0.6) is 0 Å². The topological polar surface area (TPSA) is 121 Å². The fourth-order valence-corrected chi connectivity index (χ4v) is 5.25. The Kier molecular flexibility index (Phi) is 8.49. The van der Waals surface area contributed by atoms with Crippen LogP contribution >= 0.6 is 0 Å². The van der Waals surface area contributed by atoms with Gasteiger partial charge in [0.15, 0.2) is 0 Å². The van der Waals surface area contributed by atoms with Crippen LogP contribution in [0.2, 0.25) is 0 Å². The molecule has 31 heavy (non-hydrogen) atoms. The number of fused-ring (bicyclic) bond motifs is 2. The second-order valence-corrected chi connectivity index (χ2v) is 8.69. The smallest absolute Gasteiger partial charge is 0.131 e. The first-order valence-corrected chi connectivity index (χ1v) is 10.7. The van der Waals surface area contributed by atoms with Gasteiger partial charge in [-0.1, -0.05) is 13.2 Å². The van der Waals surface area contributed by atoms with Gasteiger partial charge >= 0.3 is 121 Å². The standard InChI is InChI=1S/2C9H7.2C3H4O3.V/c2*1-2-5-9-7-3-6-8(9)4-1;2*1-2(4)3(5)6;/h2*1-7H;2*4H,1H2,(H,5,6);/q;;;;+2/p-2. The minimum atomic E-state index is -1.63. The van der Waals surface area contributed by atoms with Gasteiger partial charge in [0.25, 0.3) is 0 Å².